The van der Waals surface area contributed by atoms with E-state index in [1.165, 1.54) is 0 Å². The summed E-state index contributed by atoms with van der Waals surface area (Å²) in [6.07, 6.45) is 1.99. The first kappa shape index (κ1) is 20.7. The summed E-state index contributed by atoms with van der Waals surface area (Å²) in [6, 6.07) is 5.66. The Morgan fingerprint density at radius 2 is 2.00 bits per heavy atom. The Kier molecular flexibility index (Phi) is 6.59. The highest BCUT2D eigenvalue weighted by Crippen LogP contribution is 2.21. The first-order chi connectivity index (χ1) is 14.6. The van der Waals surface area contributed by atoms with Crippen molar-refractivity contribution in [2.45, 2.75) is 25.8 Å². The zero-order valence-corrected chi connectivity index (χ0v) is 17.5. The van der Waals surface area contributed by atoms with E-state index in [1.54, 1.807) is 4.90 Å². The number of fused-ring (bicyclic) bond motifs is 1. The summed E-state index contributed by atoms with van der Waals surface area (Å²) in [5.41, 5.74) is 2.36. The fourth-order valence-electron chi connectivity index (χ4n) is 4.23. The van der Waals surface area contributed by atoms with Gasteiger partial charge in [0.1, 0.15) is 11.0 Å². The third-order valence-electron chi connectivity index (χ3n) is 5.97. The van der Waals surface area contributed by atoms with Gasteiger partial charge in [-0.1, -0.05) is 6.07 Å². The number of hydrogen-bond donors (Lipinski definition) is 0. The van der Waals surface area contributed by atoms with E-state index in [4.69, 9.17) is 9.37 Å². The lowest BCUT2D eigenvalue weighted by molar-refractivity contribution is -0.142. The van der Waals surface area contributed by atoms with Crippen LogP contribution in [0.25, 0.3) is 11.0 Å². The van der Waals surface area contributed by atoms with E-state index in [9.17, 15) is 9.59 Å². The molecule has 0 bridgehead atoms. The zero-order valence-electron chi connectivity index (χ0n) is 17.5. The van der Waals surface area contributed by atoms with Gasteiger partial charge in [0, 0.05) is 52.7 Å². The Morgan fingerprint density at radius 3 is 2.83 bits per heavy atom. The number of likely N-dealkylation sites (tertiary alicyclic amines) is 1. The van der Waals surface area contributed by atoms with Crippen molar-refractivity contribution in [3.63, 3.8) is 0 Å². The molecule has 30 heavy (non-hydrogen) atoms. The molecule has 0 radical (unpaired) electrons. The van der Waals surface area contributed by atoms with Crippen molar-refractivity contribution < 1.29 is 19.0 Å². The van der Waals surface area contributed by atoms with E-state index in [2.05, 4.69) is 15.2 Å². The average molecular weight is 415 g/mol. The van der Waals surface area contributed by atoms with Crippen LogP contribution < -0.4 is 0 Å². The van der Waals surface area contributed by atoms with E-state index in [0.717, 1.165) is 44.8 Å². The molecular weight excluding hydrogens is 386 g/mol. The number of carbonyl (C=O) groups is 2. The van der Waals surface area contributed by atoms with Crippen LogP contribution in [0.2, 0.25) is 0 Å². The maximum absolute atomic E-state index is 13.0. The van der Waals surface area contributed by atoms with Gasteiger partial charge in [-0.15, -0.1) is 0 Å². The van der Waals surface area contributed by atoms with Crippen LogP contribution in [0.1, 0.15) is 24.8 Å². The predicted octanol–water partition coefficient (Wildman–Crippen LogP) is 1.14. The fourth-order valence-corrected chi connectivity index (χ4v) is 4.23. The molecule has 162 valence electrons. The lowest BCUT2D eigenvalue weighted by Crippen LogP contribution is -2.47. The molecule has 0 saturated carbocycles. The van der Waals surface area contributed by atoms with Gasteiger partial charge in [0.25, 0.3) is 0 Å². The second kappa shape index (κ2) is 9.53. The van der Waals surface area contributed by atoms with Crippen LogP contribution in [0.15, 0.2) is 22.8 Å². The molecule has 2 aromatic rings. The molecule has 1 unspecified atom stereocenters. The molecule has 2 amide bonds. The summed E-state index contributed by atoms with van der Waals surface area (Å²) >= 11 is 0. The van der Waals surface area contributed by atoms with Crippen LogP contribution in [0.4, 0.5) is 0 Å². The molecule has 0 aliphatic carbocycles. The van der Waals surface area contributed by atoms with Gasteiger partial charge in [-0.05, 0) is 40.9 Å². The monoisotopic (exact) mass is 415 g/mol. The molecule has 2 saturated heterocycles. The highest BCUT2D eigenvalue weighted by Gasteiger charge is 2.31. The maximum atomic E-state index is 13.0. The van der Waals surface area contributed by atoms with E-state index in [1.807, 2.05) is 30.1 Å². The van der Waals surface area contributed by atoms with Gasteiger partial charge < -0.3 is 14.5 Å². The Hall–Kier alpha value is -2.52. The number of rotatable bonds is 7. The molecule has 1 aromatic carbocycles. The van der Waals surface area contributed by atoms with Crippen molar-refractivity contribution >= 4 is 22.8 Å². The number of carbonyl (C=O) groups excluding carboxylic acids is 2. The van der Waals surface area contributed by atoms with E-state index in [-0.39, 0.29) is 17.7 Å². The van der Waals surface area contributed by atoms with Crippen LogP contribution in [0.3, 0.4) is 0 Å². The van der Waals surface area contributed by atoms with Crippen LogP contribution in [-0.2, 0) is 20.9 Å². The van der Waals surface area contributed by atoms with Gasteiger partial charge in [-0.2, -0.15) is 0 Å². The molecule has 0 N–H and O–H groups in total. The second-order valence-corrected chi connectivity index (χ2v) is 8.16. The van der Waals surface area contributed by atoms with Gasteiger partial charge in [-0.25, -0.2) is 4.63 Å². The highest BCUT2D eigenvalue weighted by molar-refractivity contribution is 5.84. The van der Waals surface area contributed by atoms with Crippen LogP contribution in [-0.4, -0.2) is 89.8 Å². The number of nitrogens with zero attached hydrogens (tertiary/aromatic N) is 5. The number of morpholine rings is 1. The van der Waals surface area contributed by atoms with Gasteiger partial charge in [0.15, 0.2) is 0 Å². The number of benzene rings is 1. The minimum atomic E-state index is -0.145. The standard InChI is InChI=1S/C21H29N5O4/c1-24(14-16-3-5-18-19(13-16)23-30-22-18)21(28)17-4-6-20(27)26(15-17)8-2-7-25-9-11-29-12-10-25/h3,5,13,17H,2,4,6-12,14-15H2,1H3. The van der Waals surface area contributed by atoms with Crippen LogP contribution in [0.5, 0.6) is 0 Å². The van der Waals surface area contributed by atoms with Crippen molar-refractivity contribution in [3.8, 4) is 0 Å². The van der Waals surface area contributed by atoms with Gasteiger partial charge >= 0.3 is 0 Å². The molecule has 1 atom stereocenters. The smallest absolute Gasteiger partial charge is 0.227 e. The first-order valence-corrected chi connectivity index (χ1v) is 10.6. The summed E-state index contributed by atoms with van der Waals surface area (Å²) in [5.74, 6) is 0.0975. The first-order valence-electron chi connectivity index (χ1n) is 10.6. The zero-order chi connectivity index (χ0) is 20.9. The highest BCUT2D eigenvalue weighted by atomic mass is 16.6. The normalized spacial score (nSPS) is 20.6. The van der Waals surface area contributed by atoms with Crippen LogP contribution in [0, 0.1) is 5.92 Å². The van der Waals surface area contributed by atoms with Crippen molar-refractivity contribution in [1.29, 1.82) is 0 Å². The molecule has 9 heteroatoms. The molecule has 9 nitrogen and oxygen atoms in total. The van der Waals surface area contributed by atoms with E-state index < -0.39 is 0 Å². The largest absolute Gasteiger partial charge is 0.379 e. The number of amides is 2. The molecule has 3 heterocycles. The Bertz CT molecular complexity index is 879. The molecule has 2 aliphatic rings. The minimum Gasteiger partial charge on any atom is -0.379 e. The third-order valence-corrected chi connectivity index (χ3v) is 5.97. The molecule has 0 spiro atoms. The van der Waals surface area contributed by atoms with Crippen molar-refractivity contribution in [2.75, 3.05) is 53.0 Å². The lowest BCUT2D eigenvalue weighted by Gasteiger charge is -2.34. The predicted molar refractivity (Wildman–Crippen MR) is 109 cm³/mol. The topological polar surface area (TPSA) is 92.0 Å². The Balaban J connectivity index is 1.28. The molecular formula is C21H29N5O4. The quantitative estimate of drug-likeness (QED) is 0.670. The molecule has 2 fully saturated rings. The number of piperidine rings is 1. The summed E-state index contributed by atoms with van der Waals surface area (Å²) in [5, 5.41) is 7.66. The van der Waals surface area contributed by atoms with E-state index >= 15 is 0 Å². The van der Waals surface area contributed by atoms with Crippen LogP contribution >= 0.6 is 0 Å². The number of aromatic nitrogens is 2. The van der Waals surface area contributed by atoms with Gasteiger partial charge in [0.05, 0.1) is 19.1 Å². The van der Waals surface area contributed by atoms with Crippen molar-refractivity contribution in [2.24, 2.45) is 5.92 Å². The maximum Gasteiger partial charge on any atom is 0.227 e. The molecule has 1 aromatic heterocycles. The SMILES string of the molecule is CN(Cc1ccc2nonc2c1)C(=O)C1CCC(=O)N(CCCN2CCOCC2)C1. The minimum absolute atomic E-state index is 0.0825. The van der Waals surface area contributed by atoms with Crippen molar-refractivity contribution in [3.05, 3.63) is 23.8 Å². The molecule has 4 rings (SSSR count). The van der Waals surface area contributed by atoms with E-state index in [0.29, 0.717) is 43.5 Å². The lowest BCUT2D eigenvalue weighted by atomic mass is 9.95. The summed E-state index contributed by atoms with van der Waals surface area (Å²) < 4.78 is 10.1. The summed E-state index contributed by atoms with van der Waals surface area (Å²) in [6.45, 7) is 6.15. The summed E-state index contributed by atoms with van der Waals surface area (Å²) in [7, 11) is 1.81. The average Bonchev–Trinajstić information content (AvgIpc) is 3.23. The fraction of sp³-hybridized carbons (Fsp3) is 0.619. The second-order valence-electron chi connectivity index (χ2n) is 8.16. The Labute approximate surface area is 175 Å². The summed E-state index contributed by atoms with van der Waals surface area (Å²) in [4.78, 5) is 31.3. The number of hydrogen-bond acceptors (Lipinski definition) is 7. The van der Waals surface area contributed by atoms with Crippen molar-refractivity contribution in [1.82, 2.24) is 25.0 Å². The molecule has 2 aliphatic heterocycles. The van der Waals surface area contributed by atoms with Gasteiger partial charge in [0.2, 0.25) is 11.8 Å². The Morgan fingerprint density at radius 1 is 1.20 bits per heavy atom. The number of ether oxygens (including phenoxy) is 1. The van der Waals surface area contributed by atoms with Gasteiger partial charge in [-0.3, -0.25) is 14.5 Å². The third kappa shape index (κ3) is 4.96.